The van der Waals surface area contributed by atoms with Gasteiger partial charge in [0.05, 0.1) is 21.9 Å². The van der Waals surface area contributed by atoms with Gasteiger partial charge in [-0.3, -0.25) is 14.4 Å². The van der Waals surface area contributed by atoms with Gasteiger partial charge < -0.3 is 20.3 Å². The predicted octanol–water partition coefficient (Wildman–Crippen LogP) is 3.05. The zero-order chi connectivity index (χ0) is 21.0. The first-order valence-corrected chi connectivity index (χ1v) is 10.8. The van der Waals surface area contributed by atoms with Crippen molar-refractivity contribution in [2.45, 2.75) is 19.9 Å². The van der Waals surface area contributed by atoms with E-state index in [4.69, 9.17) is 4.74 Å². The van der Waals surface area contributed by atoms with E-state index >= 15 is 0 Å². The molecular weight excluding hydrogens is 458 g/mol. The third-order valence-corrected chi connectivity index (χ3v) is 6.28. The quantitative estimate of drug-likeness (QED) is 0.689. The van der Waals surface area contributed by atoms with Gasteiger partial charge in [-0.05, 0) is 59.6 Å². The summed E-state index contributed by atoms with van der Waals surface area (Å²) >= 11 is 4.61. The molecule has 1 saturated heterocycles. The average molecular weight is 480 g/mol. The fourth-order valence-electron chi connectivity index (χ4n) is 2.95. The van der Waals surface area contributed by atoms with Crippen LogP contribution in [-0.2, 0) is 9.53 Å². The van der Waals surface area contributed by atoms with Gasteiger partial charge in [0.15, 0.2) is 0 Å². The molecule has 29 heavy (non-hydrogen) atoms. The van der Waals surface area contributed by atoms with Gasteiger partial charge in [0.2, 0.25) is 5.91 Å². The van der Waals surface area contributed by atoms with E-state index in [0.29, 0.717) is 48.0 Å². The summed E-state index contributed by atoms with van der Waals surface area (Å²) < 4.78 is 6.14. The normalized spacial score (nSPS) is 14.9. The number of halogens is 1. The number of morpholine rings is 1. The van der Waals surface area contributed by atoms with Crippen molar-refractivity contribution < 1.29 is 19.1 Å². The van der Waals surface area contributed by atoms with Crippen molar-refractivity contribution in [3.63, 3.8) is 0 Å². The fourth-order valence-corrected chi connectivity index (χ4v) is 4.24. The highest BCUT2D eigenvalue weighted by Gasteiger charge is 2.23. The Bertz CT molecular complexity index is 924. The molecule has 0 bridgehead atoms. The topological polar surface area (TPSA) is 87.7 Å². The van der Waals surface area contributed by atoms with Crippen molar-refractivity contribution in [2.75, 3.05) is 31.6 Å². The maximum atomic E-state index is 12.8. The molecule has 154 valence electrons. The number of benzene rings is 1. The maximum Gasteiger partial charge on any atom is 0.262 e. The van der Waals surface area contributed by atoms with Crippen molar-refractivity contribution in [1.29, 1.82) is 0 Å². The molecule has 7 nitrogen and oxygen atoms in total. The molecule has 1 aromatic heterocycles. The fraction of sp³-hybridized carbons (Fsp3) is 0.350. The largest absolute Gasteiger partial charge is 0.378 e. The van der Waals surface area contributed by atoms with Crippen LogP contribution in [0.3, 0.4) is 0 Å². The Morgan fingerprint density at radius 3 is 2.55 bits per heavy atom. The molecule has 0 spiro atoms. The lowest BCUT2D eigenvalue weighted by atomic mass is 10.0. The number of rotatable bonds is 5. The highest BCUT2D eigenvalue weighted by atomic mass is 79.9. The lowest BCUT2D eigenvalue weighted by Crippen LogP contribution is -2.42. The van der Waals surface area contributed by atoms with Crippen LogP contribution in [0.4, 0.5) is 5.69 Å². The molecule has 1 unspecified atom stereocenters. The molecule has 1 atom stereocenters. The second-order valence-electron chi connectivity index (χ2n) is 6.67. The van der Waals surface area contributed by atoms with Crippen LogP contribution >= 0.6 is 27.3 Å². The number of ether oxygens (including phenoxy) is 1. The van der Waals surface area contributed by atoms with Gasteiger partial charge in [-0.1, -0.05) is 6.07 Å². The van der Waals surface area contributed by atoms with Crippen LogP contribution in [0.2, 0.25) is 0 Å². The van der Waals surface area contributed by atoms with E-state index in [1.165, 1.54) is 11.3 Å². The first-order valence-electron chi connectivity index (χ1n) is 9.20. The lowest BCUT2D eigenvalue weighted by Gasteiger charge is -2.27. The molecule has 2 aromatic rings. The average Bonchev–Trinajstić information content (AvgIpc) is 3.16. The van der Waals surface area contributed by atoms with Gasteiger partial charge in [0, 0.05) is 24.3 Å². The van der Waals surface area contributed by atoms with Crippen LogP contribution in [0.25, 0.3) is 0 Å². The second-order valence-corrected chi connectivity index (χ2v) is 9.13. The molecule has 1 fully saturated rings. The molecule has 3 rings (SSSR count). The van der Waals surface area contributed by atoms with Gasteiger partial charge in [0.1, 0.15) is 6.04 Å². The molecule has 0 saturated carbocycles. The molecule has 9 heteroatoms. The highest BCUT2D eigenvalue weighted by molar-refractivity contribution is 9.11. The highest BCUT2D eigenvalue weighted by Crippen LogP contribution is 2.23. The number of nitrogens with zero attached hydrogens (tertiary/aromatic N) is 1. The smallest absolute Gasteiger partial charge is 0.262 e. The molecule has 3 amide bonds. The molecule has 0 radical (unpaired) electrons. The van der Waals surface area contributed by atoms with E-state index < -0.39 is 6.04 Å². The summed E-state index contributed by atoms with van der Waals surface area (Å²) in [6, 6.07) is 7.98. The third kappa shape index (κ3) is 5.23. The van der Waals surface area contributed by atoms with Gasteiger partial charge >= 0.3 is 0 Å². The van der Waals surface area contributed by atoms with Gasteiger partial charge in [-0.2, -0.15) is 0 Å². The number of carbonyl (C=O) groups is 3. The minimum absolute atomic E-state index is 0.0773. The summed E-state index contributed by atoms with van der Waals surface area (Å²) in [5.74, 6) is -0.740. The van der Waals surface area contributed by atoms with E-state index in [0.717, 1.165) is 3.79 Å². The number of anilines is 1. The van der Waals surface area contributed by atoms with Crippen LogP contribution in [-0.4, -0.2) is 55.0 Å². The number of hydrogen-bond acceptors (Lipinski definition) is 5. The summed E-state index contributed by atoms with van der Waals surface area (Å²) in [5.41, 5.74) is 1.79. The minimum Gasteiger partial charge on any atom is -0.378 e. The summed E-state index contributed by atoms with van der Waals surface area (Å²) in [5, 5.41) is 5.50. The van der Waals surface area contributed by atoms with E-state index in [1.807, 2.05) is 0 Å². The monoisotopic (exact) mass is 479 g/mol. The molecule has 1 aromatic carbocycles. The van der Waals surface area contributed by atoms with E-state index in [-0.39, 0.29) is 17.7 Å². The van der Waals surface area contributed by atoms with Crippen molar-refractivity contribution in [2.24, 2.45) is 0 Å². The second kappa shape index (κ2) is 9.51. The Labute approximate surface area is 181 Å². The van der Waals surface area contributed by atoms with Crippen LogP contribution in [0.15, 0.2) is 34.1 Å². The van der Waals surface area contributed by atoms with E-state index in [2.05, 4.69) is 26.6 Å². The first kappa shape index (κ1) is 21.5. The SMILES string of the molecule is Cc1c(NC(=O)C(C)NC(=O)c2ccc(Br)s2)cccc1C(=O)N1CCOCC1. The van der Waals surface area contributed by atoms with Crippen molar-refractivity contribution in [3.8, 4) is 0 Å². The number of amides is 3. The Morgan fingerprint density at radius 2 is 1.90 bits per heavy atom. The number of carbonyl (C=O) groups excluding carboxylic acids is 3. The van der Waals surface area contributed by atoms with Crippen LogP contribution in [0.1, 0.15) is 32.5 Å². The standard InChI is InChI=1S/C20H22BrN3O4S/c1-12-14(20(27)24-8-10-28-11-9-24)4-3-5-15(12)23-18(25)13(2)22-19(26)16-6-7-17(21)29-16/h3-7,13H,8-11H2,1-2H3,(H,22,26)(H,23,25). The van der Waals surface area contributed by atoms with Gasteiger partial charge in [-0.15, -0.1) is 11.3 Å². The van der Waals surface area contributed by atoms with E-state index in [1.54, 1.807) is 49.1 Å². The molecule has 1 aliphatic rings. The Hall–Kier alpha value is -2.23. The summed E-state index contributed by atoms with van der Waals surface area (Å²) in [4.78, 5) is 39.9. The molecule has 0 aliphatic carbocycles. The molecular formula is C20H22BrN3O4S. The van der Waals surface area contributed by atoms with Crippen molar-refractivity contribution in [1.82, 2.24) is 10.2 Å². The zero-order valence-electron chi connectivity index (χ0n) is 16.2. The van der Waals surface area contributed by atoms with E-state index in [9.17, 15) is 14.4 Å². The lowest BCUT2D eigenvalue weighted by molar-refractivity contribution is -0.117. The Balaban J connectivity index is 1.66. The summed E-state index contributed by atoms with van der Waals surface area (Å²) in [6.45, 7) is 5.58. The van der Waals surface area contributed by atoms with Gasteiger partial charge in [-0.25, -0.2) is 0 Å². The first-order chi connectivity index (χ1) is 13.9. The zero-order valence-corrected chi connectivity index (χ0v) is 18.6. The molecule has 2 heterocycles. The summed E-state index contributed by atoms with van der Waals surface area (Å²) in [7, 11) is 0. The number of nitrogens with one attached hydrogen (secondary N) is 2. The molecule has 2 N–H and O–H groups in total. The number of thiophene rings is 1. The maximum absolute atomic E-state index is 12.8. The van der Waals surface area contributed by atoms with Crippen LogP contribution in [0.5, 0.6) is 0 Å². The van der Waals surface area contributed by atoms with Crippen LogP contribution in [0, 0.1) is 6.92 Å². The third-order valence-electron chi connectivity index (χ3n) is 4.66. The predicted molar refractivity (Wildman–Crippen MR) is 115 cm³/mol. The Morgan fingerprint density at radius 1 is 1.17 bits per heavy atom. The summed E-state index contributed by atoms with van der Waals surface area (Å²) in [6.07, 6.45) is 0. The number of hydrogen-bond donors (Lipinski definition) is 2. The van der Waals surface area contributed by atoms with Crippen molar-refractivity contribution in [3.05, 3.63) is 50.1 Å². The van der Waals surface area contributed by atoms with Gasteiger partial charge in [0.25, 0.3) is 11.8 Å². The Kier molecular flexibility index (Phi) is 7.05. The van der Waals surface area contributed by atoms with Crippen LogP contribution < -0.4 is 10.6 Å². The minimum atomic E-state index is -0.735. The molecule has 1 aliphatic heterocycles. The van der Waals surface area contributed by atoms with Crippen molar-refractivity contribution >= 4 is 50.7 Å².